The zero-order chi connectivity index (χ0) is 17.3. The number of carbonyl (C=O) groups excluding carboxylic acids is 1. The number of aryl methyl sites for hydroxylation is 1. The maximum atomic E-state index is 11.5. The number of benzene rings is 2. The van der Waals surface area contributed by atoms with Gasteiger partial charge in [-0.05, 0) is 42.8 Å². The van der Waals surface area contributed by atoms with Crippen LogP contribution in [0.5, 0.6) is 0 Å². The predicted octanol–water partition coefficient (Wildman–Crippen LogP) is 3.31. The molecule has 2 aromatic carbocycles. The van der Waals surface area contributed by atoms with Crippen molar-refractivity contribution in [3.8, 4) is 0 Å². The van der Waals surface area contributed by atoms with Gasteiger partial charge in [0.1, 0.15) is 0 Å². The Bertz CT molecular complexity index is 971. The highest BCUT2D eigenvalue weighted by Crippen LogP contribution is 2.28. The van der Waals surface area contributed by atoms with Crippen molar-refractivity contribution in [1.82, 2.24) is 15.4 Å². The van der Waals surface area contributed by atoms with E-state index in [9.17, 15) is 4.79 Å². The van der Waals surface area contributed by atoms with Crippen LogP contribution in [-0.2, 0) is 0 Å². The van der Waals surface area contributed by atoms with E-state index in [1.807, 2.05) is 26.1 Å². The molecular formula is C17H15N5O2. The van der Waals surface area contributed by atoms with Gasteiger partial charge >= 0.3 is 0 Å². The summed E-state index contributed by atoms with van der Waals surface area (Å²) in [7, 11) is 1.82. The minimum absolute atomic E-state index is 0.337. The molecule has 1 aromatic heterocycles. The number of fused-ring (bicyclic) bond motifs is 1. The maximum absolute atomic E-state index is 11.5. The van der Waals surface area contributed by atoms with E-state index in [2.05, 4.69) is 14.8 Å². The van der Waals surface area contributed by atoms with Gasteiger partial charge in [0.05, 0.1) is 17.6 Å². The van der Waals surface area contributed by atoms with Gasteiger partial charge in [-0.15, -0.1) is 0 Å². The number of carbonyl (C=O) groups is 1. The quantitative estimate of drug-likeness (QED) is 0.392. The molecule has 7 heteroatoms. The van der Waals surface area contributed by atoms with Gasteiger partial charge in [-0.2, -0.15) is 0 Å². The van der Waals surface area contributed by atoms with E-state index in [0.717, 1.165) is 16.8 Å². The van der Waals surface area contributed by atoms with Gasteiger partial charge in [-0.25, -0.2) is 15.3 Å². The number of nitrogens with one attached hydrogen (secondary N) is 2. The van der Waals surface area contributed by atoms with Crippen LogP contribution >= 0.6 is 0 Å². The first-order chi connectivity index (χ1) is 11.5. The smallest absolute Gasteiger partial charge is 0.274 e. The lowest BCUT2D eigenvalue weighted by Crippen LogP contribution is -2.19. The Kier molecular flexibility index (Phi) is 3.90. The van der Waals surface area contributed by atoms with Crippen LogP contribution in [0.15, 0.2) is 36.4 Å². The third-order valence-electron chi connectivity index (χ3n) is 3.82. The lowest BCUT2D eigenvalue weighted by Gasteiger charge is -2.16. The standard InChI is InChI=1S/C17H15N5O2/c1-10-7-14-15(9-13(10)18-2)20-17(19-14)22(3)12-6-4-5-11(8-12)16(23)21-24/h4-9,24H,1,3H3,(H,19,20)(H,21,23). The summed E-state index contributed by atoms with van der Waals surface area (Å²) < 4.78 is 0. The Morgan fingerprint density at radius 2 is 2.17 bits per heavy atom. The minimum atomic E-state index is -0.577. The first-order valence-corrected chi connectivity index (χ1v) is 7.19. The molecule has 0 saturated carbocycles. The first-order valence-electron chi connectivity index (χ1n) is 7.19. The van der Waals surface area contributed by atoms with Crippen molar-refractivity contribution in [3.63, 3.8) is 0 Å². The molecule has 1 heterocycles. The average Bonchev–Trinajstić information content (AvgIpc) is 3.02. The fraction of sp³-hybridized carbons (Fsp3) is 0.118. The molecule has 3 rings (SSSR count). The number of amides is 1. The summed E-state index contributed by atoms with van der Waals surface area (Å²) in [5, 5.41) is 8.75. The maximum Gasteiger partial charge on any atom is 0.274 e. The lowest BCUT2D eigenvalue weighted by molar-refractivity contribution is 0.0706. The highest BCUT2D eigenvalue weighted by molar-refractivity contribution is 5.94. The molecule has 24 heavy (non-hydrogen) atoms. The number of rotatable bonds is 3. The van der Waals surface area contributed by atoms with Crippen molar-refractivity contribution >= 4 is 34.3 Å². The molecule has 0 aliphatic carbocycles. The van der Waals surface area contributed by atoms with Crippen molar-refractivity contribution in [2.24, 2.45) is 0 Å². The Labute approximate surface area is 138 Å². The number of H-pyrrole nitrogens is 1. The average molecular weight is 321 g/mol. The molecule has 0 aliphatic rings. The molecule has 0 atom stereocenters. The van der Waals surface area contributed by atoms with E-state index in [-0.39, 0.29) is 0 Å². The molecule has 3 N–H and O–H groups in total. The number of imidazole rings is 1. The normalized spacial score (nSPS) is 10.4. The number of hydrogen-bond acceptors (Lipinski definition) is 4. The molecule has 1 amide bonds. The number of hydrogen-bond donors (Lipinski definition) is 3. The van der Waals surface area contributed by atoms with E-state index in [4.69, 9.17) is 11.8 Å². The molecule has 0 saturated heterocycles. The molecule has 0 spiro atoms. The largest absolute Gasteiger partial charge is 0.324 e. The summed E-state index contributed by atoms with van der Waals surface area (Å²) in [5.74, 6) is 0.0141. The van der Waals surface area contributed by atoms with Crippen molar-refractivity contribution in [2.75, 3.05) is 11.9 Å². The van der Waals surface area contributed by atoms with Crippen LogP contribution in [0.25, 0.3) is 15.9 Å². The van der Waals surface area contributed by atoms with Crippen LogP contribution in [0, 0.1) is 13.5 Å². The molecule has 0 bridgehead atoms. The van der Waals surface area contributed by atoms with Crippen LogP contribution in [0.1, 0.15) is 15.9 Å². The van der Waals surface area contributed by atoms with Gasteiger partial charge < -0.3 is 9.88 Å². The Morgan fingerprint density at radius 3 is 2.88 bits per heavy atom. The summed E-state index contributed by atoms with van der Waals surface area (Å²) in [6, 6.07) is 10.4. The zero-order valence-corrected chi connectivity index (χ0v) is 13.2. The summed E-state index contributed by atoms with van der Waals surface area (Å²) >= 11 is 0. The number of aromatic amines is 1. The van der Waals surface area contributed by atoms with Crippen LogP contribution in [-0.4, -0.2) is 28.1 Å². The predicted molar refractivity (Wildman–Crippen MR) is 90.9 cm³/mol. The van der Waals surface area contributed by atoms with Gasteiger partial charge in [0.15, 0.2) is 5.69 Å². The summed E-state index contributed by atoms with van der Waals surface area (Å²) in [4.78, 5) is 24.5. The third-order valence-corrected chi connectivity index (χ3v) is 3.82. The molecule has 7 nitrogen and oxygen atoms in total. The van der Waals surface area contributed by atoms with Crippen molar-refractivity contribution in [2.45, 2.75) is 6.92 Å². The van der Waals surface area contributed by atoms with Crippen molar-refractivity contribution in [1.29, 1.82) is 0 Å². The second-order valence-electron chi connectivity index (χ2n) is 5.38. The van der Waals surface area contributed by atoms with Gasteiger partial charge in [0.25, 0.3) is 5.91 Å². The van der Waals surface area contributed by atoms with E-state index in [1.54, 1.807) is 34.6 Å². The fourth-order valence-corrected chi connectivity index (χ4v) is 2.46. The number of aromatic nitrogens is 2. The fourth-order valence-electron chi connectivity index (χ4n) is 2.46. The van der Waals surface area contributed by atoms with E-state index < -0.39 is 5.91 Å². The van der Waals surface area contributed by atoms with Gasteiger partial charge in [0.2, 0.25) is 5.95 Å². The van der Waals surface area contributed by atoms with Crippen LogP contribution in [0.2, 0.25) is 0 Å². The SMILES string of the molecule is [C-]#[N+]c1cc2nc(N(C)c3cccc(C(=O)NO)c3)[nH]c2cc1C. The van der Waals surface area contributed by atoms with Crippen LogP contribution in [0.4, 0.5) is 17.3 Å². The van der Waals surface area contributed by atoms with Crippen molar-refractivity contribution < 1.29 is 10.0 Å². The molecule has 0 unspecified atom stereocenters. The summed E-state index contributed by atoms with van der Waals surface area (Å²) in [5.41, 5.74) is 5.69. The van der Waals surface area contributed by atoms with Gasteiger partial charge in [-0.1, -0.05) is 6.07 Å². The van der Waals surface area contributed by atoms with E-state index >= 15 is 0 Å². The topological polar surface area (TPSA) is 85.6 Å². The summed E-state index contributed by atoms with van der Waals surface area (Å²) in [6.45, 7) is 9.07. The number of nitrogens with zero attached hydrogens (tertiary/aromatic N) is 3. The minimum Gasteiger partial charge on any atom is -0.324 e. The van der Waals surface area contributed by atoms with E-state index in [1.165, 1.54) is 0 Å². The lowest BCUT2D eigenvalue weighted by atomic mass is 10.2. The molecule has 120 valence electrons. The molecule has 0 radical (unpaired) electrons. The Hall–Kier alpha value is -3.37. The first kappa shape index (κ1) is 15.5. The Morgan fingerprint density at radius 1 is 1.38 bits per heavy atom. The third kappa shape index (κ3) is 2.66. The van der Waals surface area contributed by atoms with E-state index in [0.29, 0.717) is 22.7 Å². The zero-order valence-electron chi connectivity index (χ0n) is 13.2. The highest BCUT2D eigenvalue weighted by atomic mass is 16.5. The molecule has 0 aliphatic heterocycles. The van der Waals surface area contributed by atoms with Crippen LogP contribution < -0.4 is 10.4 Å². The molecular weight excluding hydrogens is 306 g/mol. The summed E-state index contributed by atoms with van der Waals surface area (Å²) in [6.07, 6.45) is 0. The molecule has 3 aromatic rings. The second kappa shape index (κ2) is 6.02. The van der Waals surface area contributed by atoms with Gasteiger partial charge in [0, 0.05) is 18.3 Å². The monoisotopic (exact) mass is 321 g/mol. The Balaban J connectivity index is 2.01. The number of hydroxylamine groups is 1. The second-order valence-corrected chi connectivity index (χ2v) is 5.38. The van der Waals surface area contributed by atoms with Gasteiger partial charge in [-0.3, -0.25) is 10.0 Å². The number of anilines is 2. The van der Waals surface area contributed by atoms with Crippen LogP contribution in [0.3, 0.4) is 0 Å². The molecule has 0 fully saturated rings. The van der Waals surface area contributed by atoms with Crippen molar-refractivity contribution in [3.05, 3.63) is 58.9 Å². The highest BCUT2D eigenvalue weighted by Gasteiger charge is 2.13.